The molecular weight excluding hydrogens is 398 g/mol. The molecule has 3 aromatic carbocycles. The van der Waals surface area contributed by atoms with Crippen LogP contribution < -0.4 is 4.74 Å². The van der Waals surface area contributed by atoms with E-state index < -0.39 is 11.0 Å². The maximum absolute atomic E-state index is 14.2. The van der Waals surface area contributed by atoms with E-state index in [1.54, 1.807) is 21.0 Å². The highest BCUT2D eigenvalue weighted by atomic mass is 16.5. The lowest BCUT2D eigenvalue weighted by Crippen LogP contribution is -2.45. The van der Waals surface area contributed by atoms with Gasteiger partial charge in [0.05, 0.1) is 29.3 Å². The fourth-order valence-electron chi connectivity index (χ4n) is 5.33. The molecule has 1 aliphatic heterocycles. The topological polar surface area (TPSA) is 51.5 Å². The molecule has 0 amide bonds. The second-order valence-corrected chi connectivity index (χ2v) is 9.48. The molecule has 5 rings (SSSR count). The van der Waals surface area contributed by atoms with Gasteiger partial charge in [0, 0.05) is 16.5 Å². The van der Waals surface area contributed by atoms with Crippen LogP contribution in [-0.4, -0.2) is 28.3 Å². The van der Waals surface area contributed by atoms with Crippen molar-refractivity contribution >= 4 is 16.8 Å². The number of benzene rings is 3. The van der Waals surface area contributed by atoms with E-state index in [1.165, 1.54) is 0 Å². The minimum atomic E-state index is -0.997. The van der Waals surface area contributed by atoms with Crippen molar-refractivity contribution in [1.29, 1.82) is 0 Å². The number of carbonyl (C=O) groups excluding carboxylic acids is 1. The fraction of sp³-hybridized carbons (Fsp3) is 0.250. The normalized spacial score (nSPS) is 17.8. The summed E-state index contributed by atoms with van der Waals surface area (Å²) in [4.78, 5) is 14.2. The van der Waals surface area contributed by atoms with Crippen LogP contribution in [0.5, 0.6) is 5.75 Å². The first-order valence-electron chi connectivity index (χ1n) is 10.9. The van der Waals surface area contributed by atoms with Crippen molar-refractivity contribution in [2.75, 3.05) is 7.11 Å². The molecule has 1 aromatic heterocycles. The Bertz CT molecular complexity index is 1340. The summed E-state index contributed by atoms with van der Waals surface area (Å²) >= 11 is 0. The van der Waals surface area contributed by atoms with Gasteiger partial charge in [0.25, 0.3) is 0 Å². The third kappa shape index (κ3) is 2.98. The Kier molecular flexibility index (Phi) is 4.54. The number of hydrogen-bond acceptors (Lipinski definition) is 3. The van der Waals surface area contributed by atoms with Crippen LogP contribution in [0, 0.1) is 0 Å². The Labute approximate surface area is 188 Å². The first kappa shape index (κ1) is 20.5. The molecule has 0 radical (unpaired) electrons. The number of aliphatic hydroxyl groups is 1. The van der Waals surface area contributed by atoms with Crippen LogP contribution >= 0.6 is 0 Å². The predicted molar refractivity (Wildman–Crippen MR) is 128 cm³/mol. The van der Waals surface area contributed by atoms with Crippen molar-refractivity contribution in [3.63, 3.8) is 0 Å². The SMILES string of the molecule is COc1ccc2c(c1)c(-c1ccccc1)c1n2C(=O)[C@](C)(CC(C)(C)O)c2ccccc2-1. The average molecular weight is 426 g/mol. The Morgan fingerprint density at radius 2 is 1.69 bits per heavy atom. The van der Waals surface area contributed by atoms with Crippen molar-refractivity contribution in [1.82, 2.24) is 4.57 Å². The lowest BCUT2D eigenvalue weighted by molar-refractivity contribution is 0.0378. The van der Waals surface area contributed by atoms with Gasteiger partial charge in [-0.1, -0.05) is 54.6 Å². The average Bonchev–Trinajstić information content (AvgIpc) is 3.11. The van der Waals surface area contributed by atoms with Crippen LogP contribution in [0.25, 0.3) is 33.3 Å². The summed E-state index contributed by atoms with van der Waals surface area (Å²) in [5.74, 6) is 0.725. The van der Waals surface area contributed by atoms with E-state index in [-0.39, 0.29) is 5.91 Å². The Hall–Kier alpha value is -3.37. The molecule has 0 aliphatic carbocycles. The molecular formula is C28H27NO3. The molecule has 1 N–H and O–H groups in total. The van der Waals surface area contributed by atoms with E-state index in [2.05, 4.69) is 18.2 Å². The van der Waals surface area contributed by atoms with E-state index >= 15 is 0 Å². The van der Waals surface area contributed by atoms with Crippen LogP contribution in [0.4, 0.5) is 0 Å². The summed E-state index contributed by atoms with van der Waals surface area (Å²) in [5, 5.41) is 11.7. The first-order valence-corrected chi connectivity index (χ1v) is 10.9. The van der Waals surface area contributed by atoms with E-state index in [0.717, 1.165) is 44.6 Å². The zero-order chi connectivity index (χ0) is 22.7. The molecule has 0 saturated heterocycles. The van der Waals surface area contributed by atoms with Crippen LogP contribution in [0.2, 0.25) is 0 Å². The molecule has 1 atom stereocenters. The lowest BCUT2D eigenvalue weighted by atomic mass is 9.70. The third-order valence-corrected chi connectivity index (χ3v) is 6.47. The van der Waals surface area contributed by atoms with E-state index in [9.17, 15) is 9.90 Å². The molecule has 4 aromatic rings. The molecule has 2 heterocycles. The molecule has 0 spiro atoms. The van der Waals surface area contributed by atoms with Crippen LogP contribution in [-0.2, 0) is 5.41 Å². The molecule has 0 unspecified atom stereocenters. The molecule has 0 bridgehead atoms. The summed E-state index contributed by atoms with van der Waals surface area (Å²) < 4.78 is 7.37. The number of rotatable bonds is 4. The monoisotopic (exact) mass is 425 g/mol. The maximum atomic E-state index is 14.2. The van der Waals surface area contributed by atoms with Gasteiger partial charge >= 0.3 is 0 Å². The Morgan fingerprint density at radius 1 is 1.00 bits per heavy atom. The molecule has 0 fully saturated rings. The van der Waals surface area contributed by atoms with Gasteiger partial charge < -0.3 is 9.84 Å². The molecule has 4 nitrogen and oxygen atoms in total. The Balaban J connectivity index is 1.93. The highest BCUT2D eigenvalue weighted by molar-refractivity contribution is 6.14. The van der Waals surface area contributed by atoms with Crippen molar-refractivity contribution in [3.8, 4) is 28.1 Å². The minimum Gasteiger partial charge on any atom is -0.497 e. The first-order chi connectivity index (χ1) is 15.2. The highest BCUT2D eigenvalue weighted by Gasteiger charge is 2.47. The van der Waals surface area contributed by atoms with Gasteiger partial charge in [0.2, 0.25) is 5.91 Å². The number of ether oxygens (including phenoxy) is 1. The van der Waals surface area contributed by atoms with E-state index in [1.807, 2.05) is 66.1 Å². The number of aromatic nitrogens is 1. The number of carbonyl (C=O) groups is 1. The lowest BCUT2D eigenvalue weighted by Gasteiger charge is -2.39. The Morgan fingerprint density at radius 3 is 2.38 bits per heavy atom. The number of methoxy groups -OCH3 is 1. The molecule has 4 heteroatoms. The predicted octanol–water partition coefficient (Wildman–Crippen LogP) is 6.06. The summed E-state index contributed by atoms with van der Waals surface area (Å²) in [6.45, 7) is 5.47. The summed E-state index contributed by atoms with van der Waals surface area (Å²) in [6.07, 6.45) is 0.325. The summed E-state index contributed by atoms with van der Waals surface area (Å²) in [5.41, 5.74) is 3.93. The highest BCUT2D eigenvalue weighted by Crippen LogP contribution is 2.51. The van der Waals surface area contributed by atoms with Crippen LogP contribution in [0.1, 0.15) is 37.6 Å². The quantitative estimate of drug-likeness (QED) is 0.433. The van der Waals surface area contributed by atoms with Crippen molar-refractivity contribution in [2.24, 2.45) is 0 Å². The van der Waals surface area contributed by atoms with Crippen LogP contribution in [0.3, 0.4) is 0 Å². The maximum Gasteiger partial charge on any atom is 0.242 e. The number of nitrogens with zero attached hydrogens (tertiary/aromatic N) is 1. The largest absolute Gasteiger partial charge is 0.497 e. The van der Waals surface area contributed by atoms with Gasteiger partial charge in [-0.15, -0.1) is 0 Å². The van der Waals surface area contributed by atoms with Gasteiger partial charge in [-0.05, 0) is 56.5 Å². The molecule has 162 valence electrons. The van der Waals surface area contributed by atoms with Gasteiger partial charge in [-0.25, -0.2) is 0 Å². The minimum absolute atomic E-state index is 0.0225. The number of hydrogen-bond donors (Lipinski definition) is 1. The molecule has 32 heavy (non-hydrogen) atoms. The van der Waals surface area contributed by atoms with Gasteiger partial charge in [0.1, 0.15) is 5.75 Å². The molecule has 0 saturated carbocycles. The smallest absolute Gasteiger partial charge is 0.242 e. The summed E-state index contributed by atoms with van der Waals surface area (Å²) in [7, 11) is 1.65. The second-order valence-electron chi connectivity index (χ2n) is 9.48. The van der Waals surface area contributed by atoms with Gasteiger partial charge in [-0.2, -0.15) is 0 Å². The third-order valence-electron chi connectivity index (χ3n) is 6.47. The fourth-order valence-corrected chi connectivity index (χ4v) is 5.33. The van der Waals surface area contributed by atoms with Crippen molar-refractivity contribution in [3.05, 3.63) is 78.4 Å². The van der Waals surface area contributed by atoms with E-state index in [4.69, 9.17) is 4.74 Å². The zero-order valence-electron chi connectivity index (χ0n) is 18.8. The number of fused-ring (bicyclic) bond motifs is 5. The zero-order valence-corrected chi connectivity index (χ0v) is 18.8. The standard InChI is InChI=1S/C28H27NO3/c1-27(2,31)17-28(3)22-13-9-8-12-20(22)25-24(18-10-6-5-7-11-18)21-16-19(32-4)14-15-23(21)29(25)26(28)30/h5-16,31H,17H2,1-4H3/t28-/m1/s1. The van der Waals surface area contributed by atoms with Crippen LogP contribution in [0.15, 0.2) is 72.8 Å². The van der Waals surface area contributed by atoms with E-state index in [0.29, 0.717) is 6.42 Å². The van der Waals surface area contributed by atoms with Crippen molar-refractivity contribution < 1.29 is 14.6 Å². The van der Waals surface area contributed by atoms with Crippen molar-refractivity contribution in [2.45, 2.75) is 38.2 Å². The second kappa shape index (κ2) is 7.07. The molecule has 1 aliphatic rings. The summed E-state index contributed by atoms with van der Waals surface area (Å²) in [6, 6.07) is 24.1. The van der Waals surface area contributed by atoms with Gasteiger partial charge in [0.15, 0.2) is 0 Å². The van der Waals surface area contributed by atoms with Gasteiger partial charge in [-0.3, -0.25) is 9.36 Å².